The van der Waals surface area contributed by atoms with E-state index >= 15 is 0 Å². The van der Waals surface area contributed by atoms with Gasteiger partial charge in [-0.1, -0.05) is 0 Å². The number of hydrogen-bond donors (Lipinski definition) is 0. The highest BCUT2D eigenvalue weighted by atomic mass is 16.7. The normalized spacial score (nSPS) is 18.2. The molecule has 0 aliphatic carbocycles. The SMILES string of the molecule is COCCCC1(CCC(=O)OC(C)C)OCCO1. The second-order valence-corrected chi connectivity index (χ2v) is 4.74. The average Bonchev–Trinajstić information content (AvgIpc) is 2.75. The lowest BCUT2D eigenvalue weighted by molar-refractivity contribution is -0.177. The summed E-state index contributed by atoms with van der Waals surface area (Å²) < 4.78 is 21.4. The van der Waals surface area contributed by atoms with Gasteiger partial charge in [0.1, 0.15) is 0 Å². The average molecular weight is 260 g/mol. The van der Waals surface area contributed by atoms with Crippen LogP contribution in [0, 0.1) is 0 Å². The van der Waals surface area contributed by atoms with E-state index in [1.54, 1.807) is 7.11 Å². The zero-order chi connectivity index (χ0) is 13.4. The monoisotopic (exact) mass is 260 g/mol. The van der Waals surface area contributed by atoms with Gasteiger partial charge in [-0.05, 0) is 20.3 Å². The van der Waals surface area contributed by atoms with Gasteiger partial charge in [0.2, 0.25) is 0 Å². The standard InChI is InChI=1S/C13H24O5/c1-11(2)18-12(14)5-7-13(6-4-8-15-3)16-9-10-17-13/h11H,4-10H2,1-3H3. The molecule has 0 N–H and O–H groups in total. The van der Waals surface area contributed by atoms with E-state index in [4.69, 9.17) is 18.9 Å². The third-order valence-corrected chi connectivity index (χ3v) is 2.80. The van der Waals surface area contributed by atoms with Gasteiger partial charge in [0.25, 0.3) is 0 Å². The van der Waals surface area contributed by atoms with E-state index in [-0.39, 0.29) is 12.1 Å². The summed E-state index contributed by atoms with van der Waals surface area (Å²) in [6.07, 6.45) is 2.39. The Balaban J connectivity index is 2.35. The first-order chi connectivity index (χ1) is 8.58. The topological polar surface area (TPSA) is 54.0 Å². The van der Waals surface area contributed by atoms with Crippen LogP contribution in [-0.4, -0.2) is 44.8 Å². The second-order valence-electron chi connectivity index (χ2n) is 4.74. The highest BCUT2D eigenvalue weighted by Gasteiger charge is 2.36. The van der Waals surface area contributed by atoms with Crippen LogP contribution in [0.5, 0.6) is 0 Å². The number of rotatable bonds is 8. The van der Waals surface area contributed by atoms with Crippen molar-refractivity contribution in [3.8, 4) is 0 Å². The van der Waals surface area contributed by atoms with E-state index in [0.717, 1.165) is 12.8 Å². The van der Waals surface area contributed by atoms with E-state index in [0.29, 0.717) is 32.7 Å². The first-order valence-electron chi connectivity index (χ1n) is 6.54. The molecule has 0 unspecified atom stereocenters. The maximum Gasteiger partial charge on any atom is 0.306 e. The molecule has 18 heavy (non-hydrogen) atoms. The minimum Gasteiger partial charge on any atom is -0.463 e. The Kier molecular flexibility index (Phi) is 6.60. The minimum atomic E-state index is -0.617. The molecule has 1 saturated heterocycles. The van der Waals surface area contributed by atoms with Crippen molar-refractivity contribution in [2.45, 2.75) is 51.4 Å². The maximum atomic E-state index is 11.5. The first-order valence-corrected chi connectivity index (χ1v) is 6.54. The van der Waals surface area contributed by atoms with Crippen molar-refractivity contribution >= 4 is 5.97 Å². The number of carbonyl (C=O) groups is 1. The summed E-state index contributed by atoms with van der Waals surface area (Å²) in [4.78, 5) is 11.5. The molecule has 0 aromatic heterocycles. The predicted octanol–water partition coefficient (Wildman–Crippen LogP) is 1.89. The molecule has 5 nitrogen and oxygen atoms in total. The van der Waals surface area contributed by atoms with Gasteiger partial charge in [-0.3, -0.25) is 4.79 Å². The van der Waals surface area contributed by atoms with Crippen LogP contribution in [0.2, 0.25) is 0 Å². The van der Waals surface area contributed by atoms with Gasteiger partial charge in [-0.25, -0.2) is 0 Å². The highest BCUT2D eigenvalue weighted by molar-refractivity contribution is 5.69. The van der Waals surface area contributed by atoms with Crippen LogP contribution >= 0.6 is 0 Å². The molecule has 0 bridgehead atoms. The van der Waals surface area contributed by atoms with Crippen molar-refractivity contribution in [3.05, 3.63) is 0 Å². The number of esters is 1. The van der Waals surface area contributed by atoms with Crippen molar-refractivity contribution in [2.24, 2.45) is 0 Å². The molecular formula is C13H24O5. The summed E-state index contributed by atoms with van der Waals surface area (Å²) in [7, 11) is 1.67. The van der Waals surface area contributed by atoms with E-state index in [1.807, 2.05) is 13.8 Å². The number of methoxy groups -OCH3 is 1. The Bertz CT molecular complexity index is 246. The second kappa shape index (κ2) is 7.71. The smallest absolute Gasteiger partial charge is 0.306 e. The zero-order valence-corrected chi connectivity index (χ0v) is 11.6. The molecule has 0 saturated carbocycles. The fourth-order valence-corrected chi connectivity index (χ4v) is 2.01. The highest BCUT2D eigenvalue weighted by Crippen LogP contribution is 2.30. The molecule has 0 spiro atoms. The minimum absolute atomic E-state index is 0.0765. The molecule has 0 radical (unpaired) electrons. The van der Waals surface area contributed by atoms with Crippen LogP contribution in [0.3, 0.4) is 0 Å². The Morgan fingerprint density at radius 2 is 1.94 bits per heavy atom. The van der Waals surface area contributed by atoms with Crippen LogP contribution in [-0.2, 0) is 23.7 Å². The number of hydrogen-bond acceptors (Lipinski definition) is 5. The van der Waals surface area contributed by atoms with Gasteiger partial charge in [-0.15, -0.1) is 0 Å². The lowest BCUT2D eigenvalue weighted by Gasteiger charge is -2.27. The molecule has 0 aromatic rings. The van der Waals surface area contributed by atoms with Crippen molar-refractivity contribution in [1.29, 1.82) is 0 Å². The molecule has 1 heterocycles. The Morgan fingerprint density at radius 1 is 1.28 bits per heavy atom. The molecule has 0 atom stereocenters. The molecule has 1 fully saturated rings. The summed E-state index contributed by atoms with van der Waals surface area (Å²) >= 11 is 0. The quantitative estimate of drug-likeness (QED) is 0.493. The van der Waals surface area contributed by atoms with E-state index in [2.05, 4.69) is 0 Å². The van der Waals surface area contributed by atoms with Crippen molar-refractivity contribution in [3.63, 3.8) is 0 Å². The lowest BCUT2D eigenvalue weighted by atomic mass is 10.0. The summed E-state index contributed by atoms with van der Waals surface area (Å²) in [6.45, 7) is 5.53. The molecule has 1 aliphatic rings. The Labute approximate surface area is 109 Å². The predicted molar refractivity (Wildman–Crippen MR) is 66.2 cm³/mol. The van der Waals surface area contributed by atoms with Crippen molar-refractivity contribution < 1.29 is 23.7 Å². The first kappa shape index (κ1) is 15.4. The van der Waals surface area contributed by atoms with Gasteiger partial charge in [0, 0.05) is 26.6 Å². The van der Waals surface area contributed by atoms with Crippen molar-refractivity contribution in [2.75, 3.05) is 26.9 Å². The summed E-state index contributed by atoms with van der Waals surface area (Å²) in [5.74, 6) is -0.815. The van der Waals surface area contributed by atoms with Gasteiger partial charge in [0.15, 0.2) is 5.79 Å². The summed E-state index contributed by atoms with van der Waals surface area (Å²) in [6, 6.07) is 0. The molecule has 1 rings (SSSR count). The van der Waals surface area contributed by atoms with E-state index in [9.17, 15) is 4.79 Å². The fraction of sp³-hybridized carbons (Fsp3) is 0.923. The summed E-state index contributed by atoms with van der Waals surface area (Å²) in [5, 5.41) is 0. The van der Waals surface area contributed by atoms with Crippen LogP contribution in [0.1, 0.15) is 39.5 Å². The van der Waals surface area contributed by atoms with Crippen LogP contribution < -0.4 is 0 Å². The summed E-state index contributed by atoms with van der Waals surface area (Å²) in [5.41, 5.74) is 0. The molecule has 0 amide bonds. The van der Waals surface area contributed by atoms with E-state index in [1.165, 1.54) is 0 Å². The molecule has 5 heteroatoms. The third kappa shape index (κ3) is 5.33. The van der Waals surface area contributed by atoms with Crippen LogP contribution in [0.4, 0.5) is 0 Å². The molecular weight excluding hydrogens is 236 g/mol. The van der Waals surface area contributed by atoms with Gasteiger partial charge < -0.3 is 18.9 Å². The van der Waals surface area contributed by atoms with E-state index < -0.39 is 5.79 Å². The third-order valence-electron chi connectivity index (χ3n) is 2.80. The zero-order valence-electron chi connectivity index (χ0n) is 11.6. The fourth-order valence-electron chi connectivity index (χ4n) is 2.01. The lowest BCUT2D eigenvalue weighted by Crippen LogP contribution is -2.31. The van der Waals surface area contributed by atoms with Gasteiger partial charge >= 0.3 is 5.97 Å². The maximum absolute atomic E-state index is 11.5. The molecule has 106 valence electrons. The number of ether oxygens (including phenoxy) is 4. The van der Waals surface area contributed by atoms with Crippen LogP contribution in [0.25, 0.3) is 0 Å². The van der Waals surface area contributed by atoms with Crippen LogP contribution in [0.15, 0.2) is 0 Å². The Hall–Kier alpha value is -0.650. The van der Waals surface area contributed by atoms with Gasteiger partial charge in [-0.2, -0.15) is 0 Å². The largest absolute Gasteiger partial charge is 0.463 e. The Morgan fingerprint density at radius 3 is 2.50 bits per heavy atom. The van der Waals surface area contributed by atoms with Crippen molar-refractivity contribution in [1.82, 2.24) is 0 Å². The van der Waals surface area contributed by atoms with Gasteiger partial charge in [0.05, 0.1) is 25.7 Å². The number of carbonyl (C=O) groups excluding carboxylic acids is 1. The molecule has 1 aliphatic heterocycles. The molecule has 0 aromatic carbocycles.